The molecule has 0 N–H and O–H groups in total. The van der Waals surface area contributed by atoms with E-state index in [0.717, 1.165) is 21.2 Å². The Balaban J connectivity index is 2.28. The third kappa shape index (κ3) is 2.25. The fourth-order valence-corrected chi connectivity index (χ4v) is 2.83. The summed E-state index contributed by atoms with van der Waals surface area (Å²) in [6.07, 6.45) is 1.72. The van der Waals surface area contributed by atoms with E-state index in [2.05, 4.69) is 29.7 Å². The summed E-state index contributed by atoms with van der Waals surface area (Å²) in [7, 11) is 0. The van der Waals surface area contributed by atoms with Crippen LogP contribution in [0.3, 0.4) is 0 Å². The average molecular weight is 309 g/mol. The van der Waals surface area contributed by atoms with Gasteiger partial charge < -0.3 is 0 Å². The summed E-state index contributed by atoms with van der Waals surface area (Å²) in [5, 5.41) is 1.95. The van der Waals surface area contributed by atoms with Crippen LogP contribution in [0, 0.1) is 0 Å². The monoisotopic (exact) mass is 307 g/mol. The summed E-state index contributed by atoms with van der Waals surface area (Å²) in [4.78, 5) is 4.19. The van der Waals surface area contributed by atoms with Gasteiger partial charge in [-0.3, -0.25) is 0 Å². The zero-order valence-corrected chi connectivity index (χ0v) is 10.6. The molecule has 0 amide bonds. The highest BCUT2D eigenvalue weighted by Gasteiger charge is 2.10. The second-order valence-corrected chi connectivity index (χ2v) is 4.97. The van der Waals surface area contributed by atoms with Gasteiger partial charge in [0.15, 0.2) is 10.2 Å². The second kappa shape index (κ2) is 4.57. The van der Waals surface area contributed by atoms with Crippen LogP contribution in [-0.2, 0) is 0 Å². The maximum absolute atomic E-state index is 5.81. The van der Waals surface area contributed by atoms with E-state index in [1.54, 1.807) is 6.20 Å². The SMILES string of the molecule is Clc1nsnc1Sc1ncccc1Br. The van der Waals surface area contributed by atoms with Crippen LogP contribution in [0.2, 0.25) is 5.15 Å². The Bertz CT molecular complexity index is 448. The second-order valence-electron chi connectivity index (χ2n) is 2.25. The number of rotatable bonds is 2. The topological polar surface area (TPSA) is 38.7 Å². The summed E-state index contributed by atoms with van der Waals surface area (Å²) in [5.74, 6) is 0. The van der Waals surface area contributed by atoms with Crippen LogP contribution in [0.5, 0.6) is 0 Å². The minimum atomic E-state index is 0.428. The molecule has 0 aliphatic heterocycles. The lowest BCUT2D eigenvalue weighted by molar-refractivity contribution is 1.10. The van der Waals surface area contributed by atoms with Crippen LogP contribution in [0.15, 0.2) is 32.9 Å². The molecule has 2 aromatic heterocycles. The highest BCUT2D eigenvalue weighted by atomic mass is 79.9. The molecule has 72 valence electrons. The van der Waals surface area contributed by atoms with Crippen molar-refractivity contribution in [3.8, 4) is 0 Å². The molecule has 0 aliphatic rings. The Labute approximate surface area is 102 Å². The molecule has 0 saturated carbocycles. The molecule has 7 heteroatoms. The van der Waals surface area contributed by atoms with E-state index in [1.807, 2.05) is 12.1 Å². The maximum Gasteiger partial charge on any atom is 0.177 e. The van der Waals surface area contributed by atoms with Crippen LogP contribution < -0.4 is 0 Å². The van der Waals surface area contributed by atoms with Crippen LogP contribution in [-0.4, -0.2) is 13.7 Å². The zero-order valence-electron chi connectivity index (χ0n) is 6.65. The highest BCUT2D eigenvalue weighted by Crippen LogP contribution is 2.33. The van der Waals surface area contributed by atoms with Gasteiger partial charge >= 0.3 is 0 Å². The molecule has 0 radical (unpaired) electrons. The molecule has 3 nitrogen and oxygen atoms in total. The lowest BCUT2D eigenvalue weighted by atomic mass is 10.5. The summed E-state index contributed by atoms with van der Waals surface area (Å²) < 4.78 is 8.85. The van der Waals surface area contributed by atoms with E-state index in [1.165, 1.54) is 11.8 Å². The summed E-state index contributed by atoms with van der Waals surface area (Å²) in [5.41, 5.74) is 0. The number of nitrogens with zero attached hydrogens (tertiary/aromatic N) is 3. The van der Waals surface area contributed by atoms with Gasteiger partial charge in [0, 0.05) is 6.20 Å². The Hall–Kier alpha value is -0.170. The van der Waals surface area contributed by atoms with E-state index in [4.69, 9.17) is 11.6 Å². The van der Waals surface area contributed by atoms with Crippen molar-refractivity contribution in [2.45, 2.75) is 10.1 Å². The molecule has 0 spiro atoms. The van der Waals surface area contributed by atoms with Crippen molar-refractivity contribution in [2.75, 3.05) is 0 Å². The van der Waals surface area contributed by atoms with Gasteiger partial charge in [-0.05, 0) is 39.8 Å². The fraction of sp³-hybridized carbons (Fsp3) is 0. The number of hydrogen-bond acceptors (Lipinski definition) is 5. The Kier molecular flexibility index (Phi) is 3.38. The third-order valence-corrected chi connectivity index (χ3v) is 4.36. The lowest BCUT2D eigenvalue weighted by Gasteiger charge is -1.98. The van der Waals surface area contributed by atoms with Gasteiger partial charge in [0.2, 0.25) is 0 Å². The molecule has 0 atom stereocenters. The lowest BCUT2D eigenvalue weighted by Crippen LogP contribution is -1.80. The first kappa shape index (κ1) is 10.4. The Morgan fingerprint density at radius 1 is 1.36 bits per heavy atom. The van der Waals surface area contributed by atoms with E-state index in [9.17, 15) is 0 Å². The normalized spacial score (nSPS) is 10.4. The molecule has 14 heavy (non-hydrogen) atoms. The Morgan fingerprint density at radius 3 is 2.86 bits per heavy atom. The first-order valence-corrected chi connectivity index (χ1v) is 6.25. The molecule has 0 unspecified atom stereocenters. The van der Waals surface area contributed by atoms with Crippen LogP contribution in [0.4, 0.5) is 0 Å². The van der Waals surface area contributed by atoms with Crippen molar-refractivity contribution in [2.24, 2.45) is 0 Å². The zero-order chi connectivity index (χ0) is 9.97. The fourth-order valence-electron chi connectivity index (χ4n) is 0.769. The van der Waals surface area contributed by atoms with Gasteiger partial charge in [-0.15, -0.1) is 0 Å². The third-order valence-electron chi connectivity index (χ3n) is 1.34. The van der Waals surface area contributed by atoms with E-state index in [-0.39, 0.29) is 0 Å². The highest BCUT2D eigenvalue weighted by molar-refractivity contribution is 9.10. The Morgan fingerprint density at radius 2 is 2.21 bits per heavy atom. The van der Waals surface area contributed by atoms with E-state index < -0.39 is 0 Å². The van der Waals surface area contributed by atoms with Gasteiger partial charge in [-0.1, -0.05) is 11.6 Å². The molecular weight excluding hydrogens is 306 g/mol. The van der Waals surface area contributed by atoms with Crippen molar-refractivity contribution in [3.05, 3.63) is 28.0 Å². The summed E-state index contributed by atoms with van der Waals surface area (Å²) in [6.45, 7) is 0. The smallest absolute Gasteiger partial charge is 0.177 e. The molecule has 0 bridgehead atoms. The summed E-state index contributed by atoms with van der Waals surface area (Å²) in [6, 6.07) is 3.78. The van der Waals surface area contributed by atoms with Crippen molar-refractivity contribution >= 4 is 51.0 Å². The van der Waals surface area contributed by atoms with Gasteiger partial charge in [-0.25, -0.2) is 4.98 Å². The predicted octanol–water partition coefficient (Wildman–Crippen LogP) is 3.50. The number of pyridine rings is 1. The van der Waals surface area contributed by atoms with Gasteiger partial charge in [-0.2, -0.15) is 8.75 Å². The van der Waals surface area contributed by atoms with Crippen molar-refractivity contribution in [3.63, 3.8) is 0 Å². The van der Waals surface area contributed by atoms with Crippen molar-refractivity contribution in [1.29, 1.82) is 0 Å². The summed E-state index contributed by atoms with van der Waals surface area (Å²) >= 11 is 11.7. The molecular formula is C7H3BrClN3S2. The average Bonchev–Trinajstić information content (AvgIpc) is 2.56. The van der Waals surface area contributed by atoms with E-state index in [0.29, 0.717) is 10.2 Å². The minimum absolute atomic E-state index is 0.428. The van der Waals surface area contributed by atoms with E-state index >= 15 is 0 Å². The largest absolute Gasteiger partial charge is 0.248 e. The van der Waals surface area contributed by atoms with Gasteiger partial charge in [0.1, 0.15) is 5.03 Å². The predicted molar refractivity (Wildman–Crippen MR) is 61.0 cm³/mol. The number of aromatic nitrogens is 3. The number of halogens is 2. The molecule has 2 heterocycles. The molecule has 0 fully saturated rings. The van der Waals surface area contributed by atoms with Gasteiger partial charge in [0.05, 0.1) is 16.2 Å². The molecule has 0 saturated heterocycles. The van der Waals surface area contributed by atoms with Crippen LogP contribution >= 0.6 is 51.0 Å². The first-order valence-electron chi connectivity index (χ1n) is 3.54. The quantitative estimate of drug-likeness (QED) is 0.851. The molecule has 0 aliphatic carbocycles. The van der Waals surface area contributed by atoms with Crippen LogP contribution in [0.25, 0.3) is 0 Å². The minimum Gasteiger partial charge on any atom is -0.248 e. The van der Waals surface area contributed by atoms with Crippen molar-refractivity contribution < 1.29 is 0 Å². The standard InChI is InChI=1S/C7H3BrClN3S2/c8-4-2-1-3-10-6(4)13-7-5(9)11-14-12-7/h1-3H. The molecule has 2 aromatic rings. The maximum atomic E-state index is 5.81. The molecule has 0 aromatic carbocycles. The number of hydrogen-bond donors (Lipinski definition) is 0. The molecule has 2 rings (SSSR count). The first-order chi connectivity index (χ1) is 6.77. The van der Waals surface area contributed by atoms with Gasteiger partial charge in [0.25, 0.3) is 0 Å². The van der Waals surface area contributed by atoms with Crippen molar-refractivity contribution in [1.82, 2.24) is 13.7 Å². The van der Waals surface area contributed by atoms with Crippen LogP contribution in [0.1, 0.15) is 0 Å².